The molecule has 4 aliphatic heterocycles. The summed E-state index contributed by atoms with van der Waals surface area (Å²) in [6, 6.07) is 9.66. The van der Waals surface area contributed by atoms with Crippen molar-refractivity contribution >= 4 is 11.4 Å². The van der Waals surface area contributed by atoms with Gasteiger partial charge in [-0.15, -0.1) is 0 Å². The van der Waals surface area contributed by atoms with Gasteiger partial charge < -0.3 is 25.3 Å². The standard InChI is InChI=1S/C24H33N5/c1-18-6-5-13-29(18)23-16-22(26-21-8-4-3-7-20(21)23)19-9-10-24(27(2)17-19)28-14-11-25-12-15-28/h3-4,7-10,16,18,22,25-26H,5-6,11-15,17H2,1-2H3. The van der Waals surface area contributed by atoms with Crippen LogP contribution in [0.2, 0.25) is 0 Å². The molecule has 2 atom stereocenters. The van der Waals surface area contributed by atoms with E-state index in [2.05, 4.69) is 81.8 Å². The first-order chi connectivity index (χ1) is 14.2. The molecule has 1 aromatic carbocycles. The van der Waals surface area contributed by atoms with Crippen molar-refractivity contribution in [1.82, 2.24) is 20.0 Å². The molecule has 5 rings (SSSR count). The molecule has 2 fully saturated rings. The first-order valence-electron chi connectivity index (χ1n) is 11.1. The highest BCUT2D eigenvalue weighted by molar-refractivity contribution is 5.80. The molecular formula is C24H33N5. The van der Waals surface area contributed by atoms with Crippen LogP contribution in [0.25, 0.3) is 5.70 Å². The van der Waals surface area contributed by atoms with Gasteiger partial charge in [0.2, 0.25) is 0 Å². The van der Waals surface area contributed by atoms with Gasteiger partial charge >= 0.3 is 0 Å². The van der Waals surface area contributed by atoms with Crippen molar-refractivity contribution in [2.45, 2.75) is 31.8 Å². The molecule has 29 heavy (non-hydrogen) atoms. The molecule has 4 aliphatic rings. The van der Waals surface area contributed by atoms with Gasteiger partial charge in [0.25, 0.3) is 0 Å². The third-order valence-corrected chi connectivity index (χ3v) is 6.80. The molecule has 2 N–H and O–H groups in total. The molecule has 0 spiro atoms. The number of hydrogen-bond donors (Lipinski definition) is 2. The molecule has 0 saturated carbocycles. The summed E-state index contributed by atoms with van der Waals surface area (Å²) >= 11 is 0. The Balaban J connectivity index is 1.45. The van der Waals surface area contributed by atoms with Crippen LogP contribution in [0.5, 0.6) is 0 Å². The summed E-state index contributed by atoms with van der Waals surface area (Å²) in [6.07, 6.45) is 9.72. The number of likely N-dealkylation sites (N-methyl/N-ethyl adjacent to an activating group) is 1. The van der Waals surface area contributed by atoms with Gasteiger partial charge in [-0.1, -0.05) is 24.3 Å². The van der Waals surface area contributed by atoms with Gasteiger partial charge in [0, 0.05) is 69.3 Å². The zero-order valence-electron chi connectivity index (χ0n) is 17.7. The van der Waals surface area contributed by atoms with Crippen LogP contribution in [0.1, 0.15) is 25.3 Å². The SMILES string of the molecule is CC1CCCN1C1=CC(C2=CC=C(N3CCNCC3)N(C)C2)Nc2ccccc21. The Hall–Kier alpha value is -2.40. The van der Waals surface area contributed by atoms with Crippen LogP contribution in [-0.4, -0.2) is 73.1 Å². The molecule has 0 bridgehead atoms. The van der Waals surface area contributed by atoms with Gasteiger partial charge in [-0.2, -0.15) is 0 Å². The summed E-state index contributed by atoms with van der Waals surface area (Å²) in [5.41, 5.74) is 5.45. The molecule has 2 unspecified atom stereocenters. The van der Waals surface area contributed by atoms with Crippen molar-refractivity contribution in [3.63, 3.8) is 0 Å². The second kappa shape index (κ2) is 7.79. The van der Waals surface area contributed by atoms with E-state index in [1.807, 2.05) is 0 Å². The summed E-state index contributed by atoms with van der Waals surface area (Å²) in [4.78, 5) is 7.52. The van der Waals surface area contributed by atoms with E-state index in [9.17, 15) is 0 Å². The zero-order chi connectivity index (χ0) is 19.8. The topological polar surface area (TPSA) is 33.8 Å². The number of hydrogen-bond acceptors (Lipinski definition) is 5. The van der Waals surface area contributed by atoms with Crippen LogP contribution in [0.4, 0.5) is 5.69 Å². The highest BCUT2D eigenvalue weighted by Gasteiger charge is 2.30. The minimum Gasteiger partial charge on any atom is -0.374 e. The molecule has 0 radical (unpaired) electrons. The van der Waals surface area contributed by atoms with Crippen molar-refractivity contribution in [2.75, 3.05) is 51.6 Å². The maximum atomic E-state index is 3.80. The van der Waals surface area contributed by atoms with Gasteiger partial charge in [-0.25, -0.2) is 0 Å². The van der Waals surface area contributed by atoms with Crippen LogP contribution in [0, 0.1) is 0 Å². The summed E-state index contributed by atoms with van der Waals surface area (Å²) < 4.78 is 0. The molecular weight excluding hydrogens is 358 g/mol. The van der Waals surface area contributed by atoms with Gasteiger partial charge in [-0.3, -0.25) is 0 Å². The highest BCUT2D eigenvalue weighted by Crippen LogP contribution is 2.37. The molecule has 154 valence electrons. The number of fused-ring (bicyclic) bond motifs is 1. The number of likely N-dealkylation sites (tertiary alicyclic amines) is 1. The molecule has 0 amide bonds. The predicted molar refractivity (Wildman–Crippen MR) is 120 cm³/mol. The Kier molecular flexibility index (Phi) is 5.00. The Morgan fingerprint density at radius 2 is 1.86 bits per heavy atom. The predicted octanol–water partition coefficient (Wildman–Crippen LogP) is 2.92. The number of nitrogens with zero attached hydrogens (tertiary/aromatic N) is 3. The molecule has 0 aromatic heterocycles. The van der Waals surface area contributed by atoms with Crippen LogP contribution < -0.4 is 10.6 Å². The van der Waals surface area contributed by atoms with Crippen molar-refractivity contribution in [2.24, 2.45) is 0 Å². The average molecular weight is 392 g/mol. The number of piperazine rings is 1. The number of benzene rings is 1. The summed E-state index contributed by atoms with van der Waals surface area (Å²) in [6.45, 7) is 8.82. The Bertz CT molecular complexity index is 849. The van der Waals surface area contributed by atoms with Gasteiger partial charge in [0.1, 0.15) is 5.82 Å². The van der Waals surface area contributed by atoms with E-state index in [1.165, 1.54) is 47.7 Å². The number of rotatable bonds is 3. The minimum absolute atomic E-state index is 0.246. The fourth-order valence-electron chi connectivity index (χ4n) is 5.19. The van der Waals surface area contributed by atoms with E-state index in [-0.39, 0.29) is 6.04 Å². The normalized spacial score (nSPS) is 27.1. The summed E-state index contributed by atoms with van der Waals surface area (Å²) in [5.74, 6) is 1.35. The molecule has 1 aromatic rings. The summed E-state index contributed by atoms with van der Waals surface area (Å²) in [5, 5.41) is 7.25. The van der Waals surface area contributed by atoms with Crippen molar-refractivity contribution in [3.05, 3.63) is 59.5 Å². The lowest BCUT2D eigenvalue weighted by Crippen LogP contribution is -2.47. The number of nitrogens with one attached hydrogen (secondary N) is 2. The number of anilines is 1. The van der Waals surface area contributed by atoms with E-state index in [0.29, 0.717) is 6.04 Å². The van der Waals surface area contributed by atoms with E-state index >= 15 is 0 Å². The first kappa shape index (κ1) is 18.6. The fourth-order valence-corrected chi connectivity index (χ4v) is 5.19. The molecule has 5 nitrogen and oxygen atoms in total. The maximum absolute atomic E-state index is 3.80. The molecule has 4 heterocycles. The monoisotopic (exact) mass is 391 g/mol. The lowest BCUT2D eigenvalue weighted by molar-refractivity contribution is 0.217. The van der Waals surface area contributed by atoms with Gasteiger partial charge in [0.15, 0.2) is 0 Å². The third-order valence-electron chi connectivity index (χ3n) is 6.80. The van der Waals surface area contributed by atoms with E-state index in [4.69, 9.17) is 0 Å². The van der Waals surface area contributed by atoms with Crippen molar-refractivity contribution < 1.29 is 0 Å². The first-order valence-corrected chi connectivity index (χ1v) is 11.1. The third kappa shape index (κ3) is 3.52. The Morgan fingerprint density at radius 3 is 2.62 bits per heavy atom. The van der Waals surface area contributed by atoms with Crippen LogP contribution in [0.3, 0.4) is 0 Å². The Morgan fingerprint density at radius 1 is 1.03 bits per heavy atom. The van der Waals surface area contributed by atoms with Crippen LogP contribution >= 0.6 is 0 Å². The lowest BCUT2D eigenvalue weighted by atomic mass is 9.94. The van der Waals surface area contributed by atoms with Crippen molar-refractivity contribution in [3.8, 4) is 0 Å². The van der Waals surface area contributed by atoms with Crippen LogP contribution in [0.15, 0.2) is 53.9 Å². The van der Waals surface area contributed by atoms with Crippen LogP contribution in [-0.2, 0) is 0 Å². The highest BCUT2D eigenvalue weighted by atomic mass is 15.3. The van der Waals surface area contributed by atoms with Crippen molar-refractivity contribution in [1.29, 1.82) is 0 Å². The Labute approximate surface area is 174 Å². The smallest absolute Gasteiger partial charge is 0.104 e. The number of allylic oxidation sites excluding steroid dienone is 2. The lowest BCUT2D eigenvalue weighted by Gasteiger charge is -2.40. The quantitative estimate of drug-likeness (QED) is 0.828. The zero-order valence-corrected chi connectivity index (χ0v) is 17.7. The molecule has 2 saturated heterocycles. The van der Waals surface area contributed by atoms with E-state index in [0.717, 1.165) is 32.7 Å². The van der Waals surface area contributed by atoms with E-state index < -0.39 is 0 Å². The van der Waals surface area contributed by atoms with Gasteiger partial charge in [-0.05, 0) is 43.6 Å². The van der Waals surface area contributed by atoms with Gasteiger partial charge in [0.05, 0.1) is 6.04 Å². The minimum atomic E-state index is 0.246. The second-order valence-corrected chi connectivity index (χ2v) is 8.76. The largest absolute Gasteiger partial charge is 0.374 e. The second-order valence-electron chi connectivity index (χ2n) is 8.76. The maximum Gasteiger partial charge on any atom is 0.104 e. The molecule has 5 heteroatoms. The van der Waals surface area contributed by atoms with E-state index in [1.54, 1.807) is 0 Å². The number of para-hydroxylation sites is 1. The summed E-state index contributed by atoms with van der Waals surface area (Å²) in [7, 11) is 2.23. The fraction of sp³-hybridized carbons (Fsp3) is 0.500. The molecule has 0 aliphatic carbocycles. The average Bonchev–Trinajstić information content (AvgIpc) is 3.19.